The number of hydrogen-bond donors (Lipinski definition) is 1. The molecule has 0 spiro atoms. The lowest BCUT2D eigenvalue weighted by atomic mass is 9.94. The smallest absolute Gasteiger partial charge is 0.411 e. The van der Waals surface area contributed by atoms with Crippen LogP contribution in [0.4, 0.5) is 13.2 Å². The molecule has 1 fully saturated rings. The van der Waals surface area contributed by atoms with Crippen LogP contribution < -0.4 is 5.32 Å². The van der Waals surface area contributed by atoms with Crippen molar-refractivity contribution in [2.45, 2.75) is 24.6 Å². The molecule has 17 heavy (non-hydrogen) atoms. The first kappa shape index (κ1) is 14.2. The summed E-state index contributed by atoms with van der Waals surface area (Å²) in [5, 5.41) is 2.75. The molecule has 1 aliphatic rings. The molecule has 0 amide bonds. The summed E-state index contributed by atoms with van der Waals surface area (Å²) in [4.78, 5) is 11.7. The standard InChI is InChI=1S/C10H16F3NO3/c1-14-9(7-3-4-7,8(15)16-2)5-17-6-10(11,12)13/h7,14H,3-6H2,1-2H3. The van der Waals surface area contributed by atoms with Crippen molar-refractivity contribution in [2.75, 3.05) is 27.4 Å². The van der Waals surface area contributed by atoms with Crippen LogP contribution in [0.25, 0.3) is 0 Å². The molecule has 0 radical (unpaired) electrons. The van der Waals surface area contributed by atoms with Crippen LogP contribution in [0, 0.1) is 5.92 Å². The molecular formula is C10H16F3NO3. The molecule has 0 aliphatic heterocycles. The van der Waals surface area contributed by atoms with Crippen LogP contribution in [0.5, 0.6) is 0 Å². The van der Waals surface area contributed by atoms with Crippen LogP contribution in [0.3, 0.4) is 0 Å². The van der Waals surface area contributed by atoms with Crippen molar-refractivity contribution in [1.29, 1.82) is 0 Å². The number of carbonyl (C=O) groups excluding carboxylic acids is 1. The van der Waals surface area contributed by atoms with Crippen LogP contribution in [-0.4, -0.2) is 45.1 Å². The Bertz CT molecular complexity index is 278. The fourth-order valence-electron chi connectivity index (χ4n) is 1.81. The number of ether oxygens (including phenoxy) is 2. The number of nitrogens with one attached hydrogen (secondary N) is 1. The maximum Gasteiger partial charge on any atom is 0.411 e. The predicted molar refractivity (Wildman–Crippen MR) is 53.4 cm³/mol. The number of hydrogen-bond acceptors (Lipinski definition) is 4. The SMILES string of the molecule is CNC(COCC(F)(F)F)(C(=O)OC)C1CC1. The Hall–Kier alpha value is -0.820. The lowest BCUT2D eigenvalue weighted by molar-refractivity contribution is -0.183. The van der Waals surface area contributed by atoms with Gasteiger partial charge >= 0.3 is 12.1 Å². The Balaban J connectivity index is 2.61. The number of halogens is 3. The van der Waals surface area contributed by atoms with Crippen molar-refractivity contribution in [3.8, 4) is 0 Å². The summed E-state index contributed by atoms with van der Waals surface area (Å²) in [5.74, 6) is -0.599. The van der Waals surface area contributed by atoms with Crippen LogP contribution in [0.1, 0.15) is 12.8 Å². The van der Waals surface area contributed by atoms with Gasteiger partial charge < -0.3 is 14.8 Å². The third kappa shape index (κ3) is 3.57. The van der Waals surface area contributed by atoms with E-state index in [1.807, 2.05) is 0 Å². The van der Waals surface area contributed by atoms with E-state index in [0.717, 1.165) is 12.8 Å². The molecule has 1 rings (SSSR count). The largest absolute Gasteiger partial charge is 0.468 e. The summed E-state index contributed by atoms with van der Waals surface area (Å²) < 4.78 is 45.1. The quantitative estimate of drug-likeness (QED) is 0.722. The van der Waals surface area contributed by atoms with Gasteiger partial charge in [-0.2, -0.15) is 13.2 Å². The number of methoxy groups -OCH3 is 1. The zero-order valence-corrected chi connectivity index (χ0v) is 9.76. The first-order valence-corrected chi connectivity index (χ1v) is 5.27. The van der Waals surface area contributed by atoms with Crippen LogP contribution in [0.2, 0.25) is 0 Å². The Labute approximate surface area is 97.5 Å². The number of esters is 1. The second-order valence-electron chi connectivity index (χ2n) is 4.10. The van der Waals surface area contributed by atoms with E-state index >= 15 is 0 Å². The minimum atomic E-state index is -4.39. The van der Waals surface area contributed by atoms with Gasteiger partial charge in [0, 0.05) is 0 Å². The van der Waals surface area contributed by atoms with Crippen molar-refractivity contribution < 1.29 is 27.4 Å². The summed E-state index contributed by atoms with van der Waals surface area (Å²) in [5.41, 5.74) is -1.15. The lowest BCUT2D eigenvalue weighted by Gasteiger charge is -2.30. The summed E-state index contributed by atoms with van der Waals surface area (Å²) in [7, 11) is 2.73. The first-order valence-electron chi connectivity index (χ1n) is 5.27. The molecule has 1 aliphatic carbocycles. The van der Waals surface area contributed by atoms with E-state index in [1.54, 1.807) is 0 Å². The van der Waals surface area contributed by atoms with Gasteiger partial charge in [0.1, 0.15) is 12.1 Å². The molecular weight excluding hydrogens is 239 g/mol. The molecule has 0 bridgehead atoms. The topological polar surface area (TPSA) is 47.6 Å². The van der Waals surface area contributed by atoms with Crippen LogP contribution in [0.15, 0.2) is 0 Å². The molecule has 1 unspecified atom stereocenters. The van der Waals surface area contributed by atoms with Gasteiger partial charge in [0.2, 0.25) is 0 Å². The third-order valence-electron chi connectivity index (χ3n) is 2.87. The second-order valence-corrected chi connectivity index (χ2v) is 4.10. The van der Waals surface area contributed by atoms with Crippen molar-refractivity contribution in [2.24, 2.45) is 5.92 Å². The fourth-order valence-corrected chi connectivity index (χ4v) is 1.81. The van der Waals surface area contributed by atoms with Crippen LogP contribution in [-0.2, 0) is 14.3 Å². The molecule has 0 aromatic rings. The van der Waals surface area contributed by atoms with Gasteiger partial charge in [0.05, 0.1) is 13.7 Å². The van der Waals surface area contributed by atoms with Crippen molar-refractivity contribution in [3.05, 3.63) is 0 Å². The lowest BCUT2D eigenvalue weighted by Crippen LogP contribution is -2.57. The number of likely N-dealkylation sites (N-methyl/N-ethyl adjacent to an activating group) is 1. The van der Waals surface area contributed by atoms with Gasteiger partial charge in [-0.15, -0.1) is 0 Å². The molecule has 1 atom stereocenters. The highest BCUT2D eigenvalue weighted by Crippen LogP contribution is 2.40. The van der Waals surface area contributed by atoms with Gasteiger partial charge in [-0.1, -0.05) is 0 Å². The molecule has 4 nitrogen and oxygen atoms in total. The van der Waals surface area contributed by atoms with Crippen LogP contribution >= 0.6 is 0 Å². The number of alkyl halides is 3. The van der Waals surface area contributed by atoms with E-state index < -0.39 is 24.3 Å². The van der Waals surface area contributed by atoms with E-state index in [9.17, 15) is 18.0 Å². The number of carbonyl (C=O) groups is 1. The Morgan fingerprint density at radius 1 is 1.35 bits per heavy atom. The molecule has 0 saturated heterocycles. The summed E-state index contributed by atoms with van der Waals surface area (Å²) >= 11 is 0. The highest BCUT2D eigenvalue weighted by Gasteiger charge is 2.51. The van der Waals surface area contributed by atoms with Gasteiger partial charge in [-0.3, -0.25) is 0 Å². The van der Waals surface area contributed by atoms with E-state index in [1.165, 1.54) is 14.2 Å². The normalized spacial score (nSPS) is 19.8. The van der Waals surface area contributed by atoms with Gasteiger partial charge in [-0.25, -0.2) is 4.79 Å². The number of rotatable bonds is 6. The average molecular weight is 255 g/mol. The molecule has 1 saturated carbocycles. The predicted octanol–water partition coefficient (Wildman–Crippen LogP) is 1.11. The van der Waals surface area contributed by atoms with E-state index in [4.69, 9.17) is 0 Å². The monoisotopic (exact) mass is 255 g/mol. The minimum Gasteiger partial charge on any atom is -0.468 e. The molecule has 7 heteroatoms. The highest BCUT2D eigenvalue weighted by atomic mass is 19.4. The molecule has 1 N–H and O–H groups in total. The second kappa shape index (κ2) is 5.22. The molecule has 0 heterocycles. The van der Waals surface area contributed by atoms with E-state index in [0.29, 0.717) is 0 Å². The maximum absolute atomic E-state index is 12.0. The zero-order chi connectivity index (χ0) is 13.1. The Morgan fingerprint density at radius 3 is 2.29 bits per heavy atom. The molecule has 0 aromatic heterocycles. The van der Waals surface area contributed by atoms with Crippen molar-refractivity contribution in [3.63, 3.8) is 0 Å². The third-order valence-corrected chi connectivity index (χ3v) is 2.87. The molecule has 0 aromatic carbocycles. The Morgan fingerprint density at radius 2 is 1.94 bits per heavy atom. The summed E-state index contributed by atoms with van der Waals surface area (Å²) in [6.45, 7) is -1.69. The van der Waals surface area contributed by atoms with Crippen molar-refractivity contribution >= 4 is 5.97 Å². The van der Waals surface area contributed by atoms with Gasteiger partial charge in [0.15, 0.2) is 0 Å². The maximum atomic E-state index is 12.0. The zero-order valence-electron chi connectivity index (χ0n) is 9.76. The summed E-state index contributed by atoms with van der Waals surface area (Å²) in [6, 6.07) is 0. The highest BCUT2D eigenvalue weighted by molar-refractivity contribution is 5.82. The average Bonchev–Trinajstić information content (AvgIpc) is 3.06. The fraction of sp³-hybridized carbons (Fsp3) is 0.900. The van der Waals surface area contributed by atoms with E-state index in [-0.39, 0.29) is 12.5 Å². The first-order chi connectivity index (χ1) is 7.85. The van der Waals surface area contributed by atoms with Gasteiger partial charge in [-0.05, 0) is 25.8 Å². The minimum absolute atomic E-state index is 0.0202. The van der Waals surface area contributed by atoms with Gasteiger partial charge in [0.25, 0.3) is 0 Å². The Kier molecular flexibility index (Phi) is 4.37. The molecule has 100 valence electrons. The summed E-state index contributed by atoms with van der Waals surface area (Å²) in [6.07, 6.45) is -2.82. The van der Waals surface area contributed by atoms with E-state index in [2.05, 4.69) is 14.8 Å². The van der Waals surface area contributed by atoms with Crippen molar-refractivity contribution in [1.82, 2.24) is 5.32 Å².